The maximum Gasteiger partial charge on any atom is 0.339 e. The average Bonchev–Trinajstić information content (AvgIpc) is 3.03. The van der Waals surface area contributed by atoms with E-state index in [1.165, 1.54) is 19.1 Å². The molecule has 238 valence electrons. The highest BCUT2D eigenvalue weighted by Gasteiger charge is 2.20. The Labute approximate surface area is 263 Å². The van der Waals surface area contributed by atoms with E-state index in [2.05, 4.69) is 27.1 Å². The Balaban J connectivity index is 1.79. The zero-order valence-corrected chi connectivity index (χ0v) is 26.4. The van der Waals surface area contributed by atoms with Crippen molar-refractivity contribution in [2.24, 2.45) is 0 Å². The maximum atomic E-state index is 12.7. The molecule has 0 fully saturated rings. The Kier molecular flexibility index (Phi) is 13.1. The minimum atomic E-state index is -0.552. The molecule has 0 spiro atoms. The van der Waals surface area contributed by atoms with E-state index in [9.17, 15) is 14.4 Å². The van der Waals surface area contributed by atoms with Gasteiger partial charge in [0, 0.05) is 19.2 Å². The van der Waals surface area contributed by atoms with Gasteiger partial charge in [-0.3, -0.25) is 19.4 Å². The number of carbonyl (C=O) groups is 3. The zero-order chi connectivity index (χ0) is 32.8. The third kappa shape index (κ3) is 9.94. The number of nitrogens with one attached hydrogen (secondary N) is 1. The molecule has 1 heterocycles. The fourth-order valence-electron chi connectivity index (χ4n) is 4.42. The highest BCUT2D eigenvalue weighted by atomic mass is 16.5. The molecule has 0 aliphatic heterocycles. The summed E-state index contributed by atoms with van der Waals surface area (Å²) in [6.45, 7) is 3.57. The Bertz CT molecular complexity index is 1550. The number of aromatic nitrogens is 2. The first-order valence-corrected chi connectivity index (χ1v) is 14.5. The van der Waals surface area contributed by atoms with Crippen LogP contribution in [0.25, 0.3) is 0 Å². The molecule has 0 saturated heterocycles. The van der Waals surface area contributed by atoms with Gasteiger partial charge in [0.15, 0.2) is 11.6 Å². The van der Waals surface area contributed by atoms with Gasteiger partial charge < -0.3 is 25.3 Å². The third-order valence-electron chi connectivity index (χ3n) is 6.71. The number of methoxy groups -OCH3 is 2. The van der Waals surface area contributed by atoms with Crippen molar-refractivity contribution in [3.8, 4) is 17.9 Å². The average molecular weight is 617 g/mol. The van der Waals surface area contributed by atoms with Crippen LogP contribution in [0, 0.1) is 11.8 Å². The lowest BCUT2D eigenvalue weighted by Crippen LogP contribution is -2.24. The van der Waals surface area contributed by atoms with Crippen LogP contribution >= 0.6 is 0 Å². The minimum Gasteiger partial charge on any atom is -0.469 e. The number of carbonyl (C=O) groups excluding carboxylic acids is 3. The molecule has 1 aromatic heterocycles. The van der Waals surface area contributed by atoms with Crippen LogP contribution in [-0.4, -0.2) is 74.7 Å². The number of rotatable bonds is 15. The van der Waals surface area contributed by atoms with Gasteiger partial charge in [0.1, 0.15) is 5.69 Å². The first-order chi connectivity index (χ1) is 21.7. The predicted molar refractivity (Wildman–Crippen MR) is 172 cm³/mol. The van der Waals surface area contributed by atoms with E-state index >= 15 is 0 Å². The molecule has 0 atom stereocenters. The van der Waals surface area contributed by atoms with Gasteiger partial charge in [-0.15, -0.1) is 0 Å². The van der Waals surface area contributed by atoms with Gasteiger partial charge in [0.2, 0.25) is 6.41 Å². The summed E-state index contributed by atoms with van der Waals surface area (Å²) in [5, 5.41) is 2.95. The van der Waals surface area contributed by atoms with Gasteiger partial charge >= 0.3 is 17.9 Å². The van der Waals surface area contributed by atoms with E-state index in [-0.39, 0.29) is 42.1 Å². The molecular formula is C33H40N6O6. The molecule has 3 N–H and O–H groups in total. The van der Waals surface area contributed by atoms with Crippen molar-refractivity contribution in [1.29, 1.82) is 0 Å². The van der Waals surface area contributed by atoms with Crippen LogP contribution in [0.1, 0.15) is 52.4 Å². The lowest BCUT2D eigenvalue weighted by molar-refractivity contribution is -0.139. The summed E-state index contributed by atoms with van der Waals surface area (Å²) >= 11 is 0. The molecular weight excluding hydrogens is 576 g/mol. The number of hydrogen-bond acceptors (Lipinski definition) is 11. The summed E-state index contributed by atoms with van der Waals surface area (Å²) in [7, 11) is 6.25. The molecule has 12 heteroatoms. The standard InChI is InChI=1S/C33H40N6O6/c1-6-7-16-45-33-36-30(34)29(35-2)31(37-33)39(22-40)21-25-13-14-26(27(18-25)32(42)44-5)12-9-15-38(3)20-24-11-8-10-23(17-24)19-28(41)43-4/h8,10-11,13-14,17-18,22,35H,6-7,15-16,19-21H2,1-5H3,(H2,34,36,37). The second kappa shape index (κ2) is 17.2. The van der Waals surface area contributed by atoms with Gasteiger partial charge in [0.05, 0.1) is 45.9 Å². The second-order valence-electron chi connectivity index (χ2n) is 10.2. The topological polar surface area (TPSA) is 149 Å². The van der Waals surface area contributed by atoms with Crippen LogP contribution in [0.5, 0.6) is 6.01 Å². The number of unbranched alkanes of at least 4 members (excludes halogenated alkanes) is 1. The molecule has 3 aromatic rings. The summed E-state index contributed by atoms with van der Waals surface area (Å²) in [4.78, 5) is 48.5. The predicted octanol–water partition coefficient (Wildman–Crippen LogP) is 3.43. The fourth-order valence-corrected chi connectivity index (χ4v) is 4.42. The van der Waals surface area contributed by atoms with Crippen LogP contribution in [0.3, 0.4) is 0 Å². The molecule has 0 bridgehead atoms. The van der Waals surface area contributed by atoms with Crippen LogP contribution < -0.4 is 20.7 Å². The van der Waals surface area contributed by atoms with Crippen LogP contribution in [-0.2, 0) is 38.6 Å². The Hall–Kier alpha value is -5.15. The highest BCUT2D eigenvalue weighted by Crippen LogP contribution is 2.31. The smallest absolute Gasteiger partial charge is 0.339 e. The maximum absolute atomic E-state index is 12.7. The van der Waals surface area contributed by atoms with E-state index in [0.29, 0.717) is 42.9 Å². The van der Waals surface area contributed by atoms with Crippen molar-refractivity contribution < 1.29 is 28.6 Å². The summed E-state index contributed by atoms with van der Waals surface area (Å²) in [5.41, 5.74) is 9.82. The van der Waals surface area contributed by atoms with Crippen molar-refractivity contribution in [3.63, 3.8) is 0 Å². The van der Waals surface area contributed by atoms with Gasteiger partial charge in [-0.05, 0) is 42.3 Å². The number of nitrogen functional groups attached to an aromatic ring is 1. The van der Waals surface area contributed by atoms with E-state index in [0.717, 1.165) is 24.0 Å². The zero-order valence-electron chi connectivity index (χ0n) is 26.4. The highest BCUT2D eigenvalue weighted by molar-refractivity contribution is 5.93. The molecule has 3 rings (SSSR count). The molecule has 0 aliphatic rings. The summed E-state index contributed by atoms with van der Waals surface area (Å²) in [6, 6.07) is 13.0. The van der Waals surface area contributed by atoms with Crippen molar-refractivity contribution in [2.45, 2.75) is 39.3 Å². The lowest BCUT2D eigenvalue weighted by Gasteiger charge is -2.21. The monoisotopic (exact) mass is 616 g/mol. The van der Waals surface area contributed by atoms with Gasteiger partial charge in [0.25, 0.3) is 0 Å². The molecule has 0 aliphatic carbocycles. The minimum absolute atomic E-state index is 0.0709. The number of nitrogens with zero attached hydrogens (tertiary/aromatic N) is 4. The van der Waals surface area contributed by atoms with E-state index in [1.807, 2.05) is 43.1 Å². The largest absolute Gasteiger partial charge is 0.469 e. The Morgan fingerprint density at radius 3 is 2.49 bits per heavy atom. The summed E-state index contributed by atoms with van der Waals surface area (Å²) in [6.07, 6.45) is 2.59. The third-order valence-corrected chi connectivity index (χ3v) is 6.71. The van der Waals surface area contributed by atoms with Crippen molar-refractivity contribution >= 4 is 35.7 Å². The van der Waals surface area contributed by atoms with E-state index in [1.54, 1.807) is 25.2 Å². The molecule has 45 heavy (non-hydrogen) atoms. The number of esters is 2. The second-order valence-corrected chi connectivity index (χ2v) is 10.2. The Morgan fingerprint density at radius 2 is 1.80 bits per heavy atom. The number of hydrogen-bond donors (Lipinski definition) is 2. The number of amides is 1. The molecule has 12 nitrogen and oxygen atoms in total. The lowest BCUT2D eigenvalue weighted by atomic mass is 10.0. The molecule has 0 radical (unpaired) electrons. The molecule has 0 saturated carbocycles. The van der Waals surface area contributed by atoms with Crippen molar-refractivity contribution in [1.82, 2.24) is 14.9 Å². The van der Waals surface area contributed by atoms with Crippen LogP contribution in [0.15, 0.2) is 42.5 Å². The van der Waals surface area contributed by atoms with Crippen molar-refractivity contribution in [2.75, 3.05) is 57.4 Å². The molecule has 0 unspecified atom stereocenters. The normalized spacial score (nSPS) is 10.4. The van der Waals surface area contributed by atoms with E-state index < -0.39 is 5.97 Å². The fraction of sp³-hybridized carbons (Fsp3) is 0.364. The first kappa shape index (κ1) is 34.3. The van der Waals surface area contributed by atoms with E-state index in [4.69, 9.17) is 19.9 Å². The van der Waals surface area contributed by atoms with Gasteiger partial charge in [-0.1, -0.05) is 55.5 Å². The van der Waals surface area contributed by atoms with Gasteiger partial charge in [-0.25, -0.2) is 4.79 Å². The number of benzene rings is 2. The molecule has 2 aromatic carbocycles. The quantitative estimate of drug-likeness (QED) is 0.112. The van der Waals surface area contributed by atoms with Crippen molar-refractivity contribution in [3.05, 3.63) is 70.3 Å². The first-order valence-electron chi connectivity index (χ1n) is 14.5. The van der Waals surface area contributed by atoms with Crippen LogP contribution in [0.4, 0.5) is 17.3 Å². The van der Waals surface area contributed by atoms with Crippen LogP contribution in [0.2, 0.25) is 0 Å². The summed E-state index contributed by atoms with van der Waals surface area (Å²) < 4.78 is 15.4. The summed E-state index contributed by atoms with van der Waals surface area (Å²) in [5.74, 6) is 5.73. The number of anilines is 3. The Morgan fingerprint density at radius 1 is 1.04 bits per heavy atom. The number of nitrogens with two attached hydrogens (primary N) is 1. The van der Waals surface area contributed by atoms with Gasteiger partial charge in [-0.2, -0.15) is 9.97 Å². The SMILES string of the molecule is CCCCOc1nc(N)c(NC)c(N(C=O)Cc2ccc(C#CCN(C)Cc3cccc(CC(=O)OC)c3)c(C(=O)OC)c2)n1. The number of ether oxygens (including phenoxy) is 3. The molecule has 1 amide bonds.